The lowest BCUT2D eigenvalue weighted by atomic mass is 9.78. The van der Waals surface area contributed by atoms with Gasteiger partial charge in [0.05, 0.1) is 42.0 Å². The molecule has 2 aliphatic rings. The largest absolute Gasteiger partial charge is 0.496 e. The lowest BCUT2D eigenvalue weighted by molar-refractivity contribution is -0.132. The fourth-order valence-electron chi connectivity index (χ4n) is 9.71. The summed E-state index contributed by atoms with van der Waals surface area (Å²) >= 11 is 3.47. The summed E-state index contributed by atoms with van der Waals surface area (Å²) in [5, 5.41) is 6.68. The Morgan fingerprint density at radius 2 is 1.01 bits per heavy atom. The van der Waals surface area contributed by atoms with E-state index >= 15 is 0 Å². The van der Waals surface area contributed by atoms with Gasteiger partial charge in [-0.25, -0.2) is 24.7 Å². The van der Waals surface area contributed by atoms with E-state index in [0.717, 1.165) is 94.0 Å². The molecule has 0 atom stereocenters. The Kier molecular flexibility index (Phi) is 16.3. The van der Waals surface area contributed by atoms with Gasteiger partial charge in [-0.2, -0.15) is 0 Å². The zero-order valence-electron chi connectivity index (χ0n) is 46.8. The molecule has 394 valence electrons. The maximum absolute atomic E-state index is 13.0. The van der Waals surface area contributed by atoms with E-state index in [9.17, 15) is 9.59 Å². The molecule has 2 amide bonds. The van der Waals surface area contributed by atoms with Crippen molar-refractivity contribution in [1.29, 1.82) is 0 Å². The molecule has 2 aromatic carbocycles. The predicted octanol–water partition coefficient (Wildman–Crippen LogP) is 14.1. The SMILES string of the molecule is COc1c(C(C)(C)C)cc(-c2csc(C3CCN(C(=O)Cn4cnc5cccnc54)CC3)n2)cc1C(C)(C)C.COc1c(C(C)(C)C)cc(-c2csc(C3CCN(C(=O)OC(C)(C)C)CC3)n2)cc1C(C)(C)C. The molecule has 4 aromatic heterocycles. The highest BCUT2D eigenvalue weighted by Crippen LogP contribution is 2.45. The predicted molar refractivity (Wildman–Crippen MR) is 299 cm³/mol. The molecule has 2 fully saturated rings. The molecule has 2 aliphatic heterocycles. The number of likely N-dealkylation sites (tertiary alicyclic amines) is 2. The fraction of sp³-hybridized carbons (Fsp3) is 0.559. The molecule has 0 unspecified atom stereocenters. The number of thiazole rings is 2. The highest BCUT2D eigenvalue weighted by molar-refractivity contribution is 7.10. The first kappa shape index (κ1) is 55.4. The Bertz CT molecular complexity index is 2810. The number of pyridine rings is 1. The first-order valence-corrected chi connectivity index (χ1v) is 27.7. The Morgan fingerprint density at radius 1 is 0.603 bits per heavy atom. The summed E-state index contributed by atoms with van der Waals surface area (Å²) in [6, 6.07) is 12.8. The quantitative estimate of drug-likeness (QED) is 0.146. The third-order valence-electron chi connectivity index (χ3n) is 13.8. The maximum atomic E-state index is 13.0. The molecule has 8 rings (SSSR count). The van der Waals surface area contributed by atoms with Gasteiger partial charge < -0.3 is 28.6 Å². The number of nitrogens with zero attached hydrogens (tertiary/aromatic N) is 7. The molecule has 0 aliphatic carbocycles. The number of carbonyl (C=O) groups is 2. The third-order valence-corrected chi connectivity index (χ3v) is 15.8. The Labute approximate surface area is 443 Å². The van der Waals surface area contributed by atoms with Crippen LogP contribution in [-0.2, 0) is 37.7 Å². The van der Waals surface area contributed by atoms with E-state index in [-0.39, 0.29) is 40.2 Å². The number of amides is 2. The smallest absolute Gasteiger partial charge is 0.410 e. The van der Waals surface area contributed by atoms with Crippen LogP contribution < -0.4 is 9.47 Å². The van der Waals surface area contributed by atoms with Crippen molar-refractivity contribution < 1.29 is 23.8 Å². The minimum Gasteiger partial charge on any atom is -0.496 e. The highest BCUT2D eigenvalue weighted by Gasteiger charge is 2.33. The Balaban J connectivity index is 0.000000216. The number of rotatable bonds is 8. The van der Waals surface area contributed by atoms with Crippen molar-refractivity contribution in [3.05, 3.63) is 92.0 Å². The Hall–Kier alpha value is -5.34. The lowest BCUT2D eigenvalue weighted by Gasteiger charge is -2.32. The van der Waals surface area contributed by atoms with Crippen molar-refractivity contribution in [2.45, 2.75) is 175 Å². The van der Waals surface area contributed by atoms with Crippen molar-refractivity contribution in [2.24, 2.45) is 0 Å². The van der Waals surface area contributed by atoms with E-state index in [1.54, 1.807) is 49.4 Å². The number of imidazole rings is 1. The van der Waals surface area contributed by atoms with Crippen LogP contribution in [0.4, 0.5) is 4.79 Å². The molecular formula is C59H81N7O5S2. The molecule has 0 N–H and O–H groups in total. The second-order valence-electron chi connectivity index (χ2n) is 25.0. The number of benzene rings is 2. The van der Waals surface area contributed by atoms with Gasteiger partial charge in [-0.1, -0.05) is 83.1 Å². The molecule has 14 heteroatoms. The van der Waals surface area contributed by atoms with Gasteiger partial charge in [-0.3, -0.25) is 4.79 Å². The minimum absolute atomic E-state index is 0.0469. The van der Waals surface area contributed by atoms with Gasteiger partial charge in [0, 0.05) is 88.4 Å². The topological polar surface area (TPSA) is 125 Å². The first-order valence-electron chi connectivity index (χ1n) is 25.9. The van der Waals surface area contributed by atoms with Crippen LogP contribution in [0, 0.1) is 0 Å². The summed E-state index contributed by atoms with van der Waals surface area (Å²) in [5.74, 6) is 2.81. The summed E-state index contributed by atoms with van der Waals surface area (Å²) in [4.78, 5) is 48.2. The Morgan fingerprint density at radius 3 is 1.40 bits per heavy atom. The number of fused-ring (bicyclic) bond motifs is 1. The van der Waals surface area contributed by atoms with Crippen molar-refractivity contribution in [3.8, 4) is 34.0 Å². The van der Waals surface area contributed by atoms with E-state index in [0.29, 0.717) is 24.9 Å². The first-order chi connectivity index (χ1) is 34.0. The number of ether oxygens (including phenoxy) is 3. The van der Waals surface area contributed by atoms with Gasteiger partial charge in [0.15, 0.2) is 5.65 Å². The monoisotopic (exact) mass is 1030 g/mol. The van der Waals surface area contributed by atoms with Gasteiger partial charge in [-0.05, 0) is 105 Å². The van der Waals surface area contributed by atoms with Crippen LogP contribution in [0.15, 0.2) is 59.7 Å². The van der Waals surface area contributed by atoms with Crippen molar-refractivity contribution in [1.82, 2.24) is 34.3 Å². The highest BCUT2D eigenvalue weighted by atomic mass is 32.1. The average Bonchev–Trinajstić information content (AvgIpc) is 4.11. The lowest BCUT2D eigenvalue weighted by Crippen LogP contribution is -2.41. The maximum Gasteiger partial charge on any atom is 0.410 e. The van der Waals surface area contributed by atoms with Crippen molar-refractivity contribution in [2.75, 3.05) is 40.4 Å². The van der Waals surface area contributed by atoms with E-state index in [1.165, 1.54) is 22.3 Å². The molecule has 0 radical (unpaired) electrons. The van der Waals surface area contributed by atoms with Crippen LogP contribution in [-0.4, -0.2) is 92.3 Å². The van der Waals surface area contributed by atoms with E-state index in [2.05, 4.69) is 128 Å². The number of hydrogen-bond donors (Lipinski definition) is 0. The molecule has 0 saturated carbocycles. The van der Waals surface area contributed by atoms with Crippen LogP contribution in [0.5, 0.6) is 11.5 Å². The zero-order valence-corrected chi connectivity index (χ0v) is 48.4. The number of piperidine rings is 2. The molecule has 73 heavy (non-hydrogen) atoms. The summed E-state index contributed by atoms with van der Waals surface area (Å²) in [6.07, 6.45) is 6.89. The van der Waals surface area contributed by atoms with Crippen molar-refractivity contribution >= 4 is 45.8 Å². The normalized spacial score (nSPS) is 15.6. The van der Waals surface area contributed by atoms with Crippen LogP contribution in [0.1, 0.15) is 174 Å². The molecule has 2 saturated heterocycles. The van der Waals surface area contributed by atoms with Crippen LogP contribution >= 0.6 is 22.7 Å². The van der Waals surface area contributed by atoms with Gasteiger partial charge in [0.2, 0.25) is 5.91 Å². The third kappa shape index (κ3) is 13.1. The second kappa shape index (κ2) is 21.5. The van der Waals surface area contributed by atoms with Gasteiger partial charge in [0.1, 0.15) is 29.2 Å². The summed E-state index contributed by atoms with van der Waals surface area (Å²) in [7, 11) is 3.54. The number of hydrogen-bond acceptors (Lipinski definition) is 11. The standard InChI is InChI=1S/C31H39N5O2S.C28H42N2O3S/c1-30(2,3)22-15-21(16-23(27(22)38-7)31(4,5)6)25-18-39-29(34-25)20-10-13-35(14-11-20)26(37)17-36-19-33-24-9-8-12-32-28(24)36;1-26(2,3)20-15-19(16-21(23(20)32-10)27(4,5)6)22-17-34-24(29-22)18-11-13-30(14-12-18)25(31)33-28(7,8)9/h8-9,12,15-16,18-20H,10-11,13-14,17H2,1-7H3;15-18H,11-14H2,1-10H3. The zero-order chi connectivity index (χ0) is 53.4. The molecule has 6 heterocycles. The summed E-state index contributed by atoms with van der Waals surface area (Å²) in [5.41, 5.74) is 10.0. The molecule has 6 aromatic rings. The van der Waals surface area contributed by atoms with Crippen molar-refractivity contribution in [3.63, 3.8) is 0 Å². The van der Waals surface area contributed by atoms with Crippen LogP contribution in [0.3, 0.4) is 0 Å². The average molecular weight is 1030 g/mol. The molecular weight excluding hydrogens is 951 g/mol. The van der Waals surface area contributed by atoms with E-state index < -0.39 is 5.60 Å². The number of carbonyl (C=O) groups excluding carboxylic acids is 2. The summed E-state index contributed by atoms with van der Waals surface area (Å²) < 4.78 is 19.2. The van der Waals surface area contributed by atoms with Gasteiger partial charge >= 0.3 is 6.09 Å². The van der Waals surface area contributed by atoms with Gasteiger partial charge in [0.25, 0.3) is 0 Å². The minimum atomic E-state index is -0.464. The molecule has 12 nitrogen and oxygen atoms in total. The molecule has 0 spiro atoms. The second-order valence-corrected chi connectivity index (χ2v) is 26.7. The van der Waals surface area contributed by atoms with E-state index in [4.69, 9.17) is 24.2 Å². The summed E-state index contributed by atoms with van der Waals surface area (Å²) in [6.45, 7) is 35.6. The molecule has 0 bridgehead atoms. The van der Waals surface area contributed by atoms with Crippen LogP contribution in [0.2, 0.25) is 0 Å². The number of aromatic nitrogens is 5. The van der Waals surface area contributed by atoms with E-state index in [1.807, 2.05) is 47.3 Å². The van der Waals surface area contributed by atoms with Gasteiger partial charge in [-0.15, -0.1) is 22.7 Å². The number of methoxy groups -OCH3 is 2. The van der Waals surface area contributed by atoms with Crippen LogP contribution in [0.25, 0.3) is 33.7 Å². The fourth-order valence-corrected chi connectivity index (χ4v) is 11.7.